The summed E-state index contributed by atoms with van der Waals surface area (Å²) in [5.74, 6) is 0.919. The van der Waals surface area contributed by atoms with Crippen LogP contribution < -0.4 is 0 Å². The van der Waals surface area contributed by atoms with E-state index in [2.05, 4.69) is 24.3 Å². The van der Waals surface area contributed by atoms with Gasteiger partial charge in [0.15, 0.2) is 0 Å². The van der Waals surface area contributed by atoms with Crippen molar-refractivity contribution in [3.05, 3.63) is 35.9 Å². The van der Waals surface area contributed by atoms with Crippen molar-refractivity contribution in [1.82, 2.24) is 0 Å². The number of hydrogen-bond donors (Lipinski definition) is 0. The van der Waals surface area contributed by atoms with Gasteiger partial charge in [0.05, 0.1) is 0 Å². The highest BCUT2D eigenvalue weighted by Gasteiger charge is 2.20. The van der Waals surface area contributed by atoms with Crippen LogP contribution in [0.25, 0.3) is 0 Å². The Bertz CT molecular complexity index is 289. The lowest BCUT2D eigenvalue weighted by Gasteiger charge is -2.20. The van der Waals surface area contributed by atoms with Gasteiger partial charge in [-0.05, 0) is 24.3 Å². The average Bonchev–Trinajstić information content (AvgIpc) is 2.19. The van der Waals surface area contributed by atoms with Crippen molar-refractivity contribution < 1.29 is 4.79 Å². The van der Waals surface area contributed by atoms with Gasteiger partial charge in [-0.3, -0.25) is 4.79 Å². The van der Waals surface area contributed by atoms with E-state index in [-0.39, 0.29) is 0 Å². The first-order valence-electron chi connectivity index (χ1n) is 4.93. The Labute approximate surface area is 78.8 Å². The second-order valence-corrected chi connectivity index (χ2v) is 3.74. The highest BCUT2D eigenvalue weighted by Crippen LogP contribution is 2.30. The first-order valence-corrected chi connectivity index (χ1v) is 4.93. The number of ketones is 1. The van der Waals surface area contributed by atoms with E-state index in [0.717, 1.165) is 19.3 Å². The third-order valence-electron chi connectivity index (χ3n) is 2.75. The summed E-state index contributed by atoms with van der Waals surface area (Å²) in [6.07, 6.45) is 3.79. The second kappa shape index (κ2) is 3.73. The van der Waals surface area contributed by atoms with Gasteiger partial charge in [-0.1, -0.05) is 30.3 Å². The molecule has 13 heavy (non-hydrogen) atoms. The topological polar surface area (TPSA) is 17.1 Å². The maximum Gasteiger partial charge on any atom is 0.133 e. The largest absolute Gasteiger partial charge is 0.300 e. The van der Waals surface area contributed by atoms with Crippen LogP contribution in [0, 0.1) is 0 Å². The number of hydrogen-bond acceptors (Lipinski definition) is 1. The zero-order chi connectivity index (χ0) is 9.10. The van der Waals surface area contributed by atoms with Gasteiger partial charge in [-0.15, -0.1) is 0 Å². The smallest absolute Gasteiger partial charge is 0.133 e. The van der Waals surface area contributed by atoms with E-state index in [4.69, 9.17) is 0 Å². The van der Waals surface area contributed by atoms with Crippen LogP contribution in [-0.2, 0) is 4.79 Å². The maximum absolute atomic E-state index is 11.2. The van der Waals surface area contributed by atoms with Crippen LogP contribution >= 0.6 is 0 Å². The molecule has 1 aliphatic carbocycles. The molecule has 0 bridgehead atoms. The molecule has 68 valence electrons. The third kappa shape index (κ3) is 1.97. The highest BCUT2D eigenvalue weighted by molar-refractivity contribution is 5.80. The minimum absolute atomic E-state index is 0.431. The molecule has 0 aromatic heterocycles. The number of rotatable bonds is 1. The Morgan fingerprint density at radius 3 is 2.62 bits per heavy atom. The van der Waals surface area contributed by atoms with Gasteiger partial charge in [0.2, 0.25) is 0 Å². The fourth-order valence-corrected chi connectivity index (χ4v) is 2.03. The molecule has 0 aliphatic heterocycles. The van der Waals surface area contributed by atoms with E-state index >= 15 is 0 Å². The molecule has 2 rings (SSSR count). The van der Waals surface area contributed by atoms with E-state index in [9.17, 15) is 4.79 Å². The fraction of sp³-hybridized carbons (Fsp3) is 0.417. The molecule has 1 heteroatoms. The minimum atomic E-state index is 0.431. The molecule has 1 nitrogen and oxygen atoms in total. The van der Waals surface area contributed by atoms with Gasteiger partial charge in [-0.2, -0.15) is 0 Å². The summed E-state index contributed by atoms with van der Waals surface area (Å²) >= 11 is 0. The Kier molecular flexibility index (Phi) is 2.44. The molecule has 0 N–H and O–H groups in total. The molecule has 1 aliphatic rings. The van der Waals surface area contributed by atoms with Gasteiger partial charge in [0.1, 0.15) is 5.78 Å². The first kappa shape index (κ1) is 8.49. The summed E-state index contributed by atoms with van der Waals surface area (Å²) < 4.78 is 0. The summed E-state index contributed by atoms with van der Waals surface area (Å²) in [6.45, 7) is 0. The van der Waals surface area contributed by atoms with Crippen LogP contribution in [0.2, 0.25) is 0 Å². The summed E-state index contributed by atoms with van der Waals surface area (Å²) in [5.41, 5.74) is 1.33. The quantitative estimate of drug-likeness (QED) is 0.639. The van der Waals surface area contributed by atoms with Crippen molar-refractivity contribution in [2.24, 2.45) is 0 Å². The molecule has 1 aromatic carbocycles. The lowest BCUT2D eigenvalue weighted by Crippen LogP contribution is -2.13. The molecule has 1 aromatic rings. The lowest BCUT2D eigenvalue weighted by molar-refractivity contribution is -0.120. The highest BCUT2D eigenvalue weighted by atomic mass is 16.1. The molecular weight excluding hydrogens is 160 g/mol. The molecule has 0 saturated heterocycles. The van der Waals surface area contributed by atoms with Crippen molar-refractivity contribution in [2.45, 2.75) is 31.6 Å². The number of Topliss-reactive ketones (excluding diaryl/α,β-unsaturated/α-hetero) is 1. The van der Waals surface area contributed by atoms with Crippen molar-refractivity contribution in [2.75, 3.05) is 0 Å². The minimum Gasteiger partial charge on any atom is -0.300 e. The molecule has 0 heterocycles. The van der Waals surface area contributed by atoms with Crippen LogP contribution in [-0.4, -0.2) is 5.78 Å². The second-order valence-electron chi connectivity index (χ2n) is 3.74. The van der Waals surface area contributed by atoms with Gasteiger partial charge >= 0.3 is 0 Å². The Balaban J connectivity index is 2.13. The number of carbonyl (C=O) groups excluding carboxylic acids is 1. The Morgan fingerprint density at radius 1 is 1.15 bits per heavy atom. The zero-order valence-electron chi connectivity index (χ0n) is 7.70. The molecule has 1 fully saturated rings. The summed E-state index contributed by atoms with van der Waals surface area (Å²) in [5, 5.41) is 0. The van der Waals surface area contributed by atoms with Gasteiger partial charge < -0.3 is 0 Å². The summed E-state index contributed by atoms with van der Waals surface area (Å²) in [6, 6.07) is 10.4. The Morgan fingerprint density at radius 2 is 1.92 bits per heavy atom. The standard InChI is InChI=1S/C12H14O/c13-12-8-4-7-11(9-12)10-5-2-1-3-6-10/h1-3,5-6,11H,4,7-9H2. The van der Waals surface area contributed by atoms with Crippen LogP contribution in [0.4, 0.5) is 0 Å². The zero-order valence-corrected chi connectivity index (χ0v) is 7.70. The fourth-order valence-electron chi connectivity index (χ4n) is 2.03. The average molecular weight is 174 g/mol. The van der Waals surface area contributed by atoms with Crippen LogP contribution in [0.15, 0.2) is 30.3 Å². The van der Waals surface area contributed by atoms with Crippen molar-refractivity contribution in [3.8, 4) is 0 Å². The van der Waals surface area contributed by atoms with Gasteiger partial charge in [0.25, 0.3) is 0 Å². The first-order chi connectivity index (χ1) is 6.36. The maximum atomic E-state index is 11.2. The molecule has 0 radical (unpaired) electrons. The SMILES string of the molecule is O=C1CCCC(c2ccccc2)C1. The lowest BCUT2D eigenvalue weighted by atomic mass is 9.83. The number of benzene rings is 1. The molecule has 0 spiro atoms. The summed E-state index contributed by atoms with van der Waals surface area (Å²) in [7, 11) is 0. The van der Waals surface area contributed by atoms with E-state index < -0.39 is 0 Å². The third-order valence-corrected chi connectivity index (χ3v) is 2.75. The van der Waals surface area contributed by atoms with Crippen molar-refractivity contribution in [1.29, 1.82) is 0 Å². The van der Waals surface area contributed by atoms with Crippen molar-refractivity contribution in [3.63, 3.8) is 0 Å². The predicted molar refractivity (Wildman–Crippen MR) is 52.7 cm³/mol. The number of carbonyl (C=O) groups is 1. The normalized spacial score (nSPS) is 23.1. The van der Waals surface area contributed by atoms with E-state index in [1.165, 1.54) is 12.0 Å². The van der Waals surface area contributed by atoms with E-state index in [1.807, 2.05) is 6.07 Å². The van der Waals surface area contributed by atoms with Crippen molar-refractivity contribution >= 4 is 5.78 Å². The van der Waals surface area contributed by atoms with E-state index in [1.54, 1.807) is 0 Å². The predicted octanol–water partition coefficient (Wildman–Crippen LogP) is 2.91. The van der Waals surface area contributed by atoms with Crippen LogP contribution in [0.3, 0.4) is 0 Å². The molecule has 0 amide bonds. The molecule has 1 unspecified atom stereocenters. The van der Waals surface area contributed by atoms with Gasteiger partial charge in [-0.25, -0.2) is 0 Å². The van der Waals surface area contributed by atoms with E-state index in [0.29, 0.717) is 11.7 Å². The monoisotopic (exact) mass is 174 g/mol. The Hall–Kier alpha value is -1.11. The van der Waals surface area contributed by atoms with Gasteiger partial charge in [0, 0.05) is 12.8 Å². The summed E-state index contributed by atoms with van der Waals surface area (Å²) in [4.78, 5) is 11.2. The molecule has 1 atom stereocenters. The molecular formula is C12H14O. The molecule has 1 saturated carbocycles. The van der Waals surface area contributed by atoms with Crippen LogP contribution in [0.5, 0.6) is 0 Å². The van der Waals surface area contributed by atoms with Crippen LogP contribution in [0.1, 0.15) is 37.2 Å².